The number of carbonyl (C=O) groups is 2. The van der Waals surface area contributed by atoms with E-state index in [0.717, 1.165) is 16.5 Å². The Morgan fingerprint density at radius 2 is 1.60 bits per heavy atom. The van der Waals surface area contributed by atoms with Gasteiger partial charge in [0.2, 0.25) is 0 Å². The van der Waals surface area contributed by atoms with E-state index in [1.54, 1.807) is 30.3 Å². The van der Waals surface area contributed by atoms with E-state index in [1.807, 2.05) is 19.1 Å². The molecule has 0 saturated heterocycles. The summed E-state index contributed by atoms with van der Waals surface area (Å²) in [6, 6.07) is 12.5. The molecule has 2 aromatic carbocycles. The summed E-state index contributed by atoms with van der Waals surface area (Å²) in [4.78, 5) is 26.0. The number of benzene rings is 2. The van der Waals surface area contributed by atoms with Crippen molar-refractivity contribution in [3.8, 4) is 0 Å². The molecule has 1 aliphatic rings. The zero-order valence-corrected chi connectivity index (χ0v) is 12.5. The van der Waals surface area contributed by atoms with Crippen LogP contribution in [0, 0.1) is 0 Å². The summed E-state index contributed by atoms with van der Waals surface area (Å²) in [5.41, 5.74) is 2.63. The molecule has 1 aliphatic heterocycles. The second-order valence-corrected chi connectivity index (χ2v) is 5.47. The van der Waals surface area contributed by atoms with Crippen LogP contribution in [0.25, 0.3) is 0 Å². The topological polar surface area (TPSA) is 37.4 Å². The van der Waals surface area contributed by atoms with Crippen LogP contribution in [0.4, 0.5) is 5.69 Å². The Balaban J connectivity index is 2.09. The molecule has 0 fully saturated rings. The molecule has 0 radical (unpaired) electrons. The molecule has 4 heteroatoms. The number of nitrogens with zero attached hydrogens (tertiary/aromatic N) is 1. The Morgan fingerprint density at radius 1 is 1.00 bits per heavy atom. The van der Waals surface area contributed by atoms with Crippen molar-refractivity contribution in [3.63, 3.8) is 0 Å². The van der Waals surface area contributed by atoms with Gasteiger partial charge in [0.25, 0.3) is 11.8 Å². The maximum absolute atomic E-state index is 12.4. The summed E-state index contributed by atoms with van der Waals surface area (Å²) in [6.45, 7) is 2.03. The molecule has 0 spiro atoms. The number of carbonyl (C=O) groups excluding carboxylic acids is 2. The van der Waals surface area contributed by atoms with E-state index in [-0.39, 0.29) is 11.8 Å². The summed E-state index contributed by atoms with van der Waals surface area (Å²) in [5.74, 6) is -0.509. The van der Waals surface area contributed by atoms with Crippen LogP contribution in [0.5, 0.6) is 0 Å². The summed E-state index contributed by atoms with van der Waals surface area (Å²) in [6.07, 6.45) is 0.831. The zero-order valence-electron chi connectivity index (χ0n) is 10.9. The van der Waals surface area contributed by atoms with Gasteiger partial charge in [-0.05, 0) is 42.3 Å². The molecule has 20 heavy (non-hydrogen) atoms. The van der Waals surface area contributed by atoms with E-state index in [1.165, 1.54) is 4.90 Å². The molecule has 3 nitrogen and oxygen atoms in total. The normalized spacial score (nSPS) is 13.8. The van der Waals surface area contributed by atoms with Gasteiger partial charge < -0.3 is 0 Å². The van der Waals surface area contributed by atoms with Crippen molar-refractivity contribution in [1.29, 1.82) is 0 Å². The van der Waals surface area contributed by atoms with E-state index in [9.17, 15) is 9.59 Å². The number of aryl methyl sites for hydroxylation is 1. The number of hydrogen-bond donors (Lipinski definition) is 0. The van der Waals surface area contributed by atoms with Crippen molar-refractivity contribution < 1.29 is 9.59 Å². The number of imide groups is 1. The molecule has 1 heterocycles. The highest BCUT2D eigenvalue weighted by atomic mass is 79.9. The fourth-order valence-corrected chi connectivity index (χ4v) is 2.92. The molecule has 3 rings (SSSR count). The quantitative estimate of drug-likeness (QED) is 0.785. The van der Waals surface area contributed by atoms with Crippen molar-refractivity contribution in [2.24, 2.45) is 0 Å². The van der Waals surface area contributed by atoms with Crippen molar-refractivity contribution >= 4 is 33.4 Å². The lowest BCUT2D eigenvalue weighted by molar-refractivity contribution is 0.0926. The molecular formula is C16H12BrNO2. The van der Waals surface area contributed by atoms with E-state index in [2.05, 4.69) is 15.9 Å². The standard InChI is InChI=1S/C16H12BrNO2/c1-2-10-9-11(7-8-14(10)17)18-15(19)12-5-3-4-6-13(12)16(18)20/h3-9H,2H2,1H3. The van der Waals surface area contributed by atoms with Crippen LogP contribution in [0.3, 0.4) is 0 Å². The molecule has 0 saturated carbocycles. The highest BCUT2D eigenvalue weighted by Gasteiger charge is 2.36. The monoisotopic (exact) mass is 329 g/mol. The van der Waals surface area contributed by atoms with E-state index in [0.29, 0.717) is 16.8 Å². The van der Waals surface area contributed by atoms with Gasteiger partial charge in [-0.2, -0.15) is 0 Å². The minimum absolute atomic E-state index is 0.255. The number of hydrogen-bond acceptors (Lipinski definition) is 2. The number of anilines is 1. The molecule has 0 aliphatic carbocycles. The summed E-state index contributed by atoms with van der Waals surface area (Å²) < 4.78 is 0.986. The van der Waals surface area contributed by atoms with Crippen LogP contribution < -0.4 is 4.90 Å². The molecule has 2 aromatic rings. The molecule has 0 N–H and O–H groups in total. The Kier molecular flexibility index (Phi) is 3.18. The number of amides is 2. The average Bonchev–Trinajstić information content (AvgIpc) is 2.72. The number of rotatable bonds is 2. The third-order valence-electron chi connectivity index (χ3n) is 3.46. The third-order valence-corrected chi connectivity index (χ3v) is 4.24. The Morgan fingerprint density at radius 3 is 2.15 bits per heavy atom. The fourth-order valence-electron chi connectivity index (χ4n) is 2.39. The lowest BCUT2D eigenvalue weighted by Gasteiger charge is -2.15. The first kappa shape index (κ1) is 13.1. The Labute approximate surface area is 125 Å². The molecule has 0 unspecified atom stereocenters. The zero-order chi connectivity index (χ0) is 14.3. The largest absolute Gasteiger partial charge is 0.268 e. The van der Waals surface area contributed by atoms with Crippen molar-refractivity contribution in [2.75, 3.05) is 4.90 Å². The van der Waals surface area contributed by atoms with E-state index >= 15 is 0 Å². The van der Waals surface area contributed by atoms with Crippen molar-refractivity contribution in [3.05, 3.63) is 63.6 Å². The maximum Gasteiger partial charge on any atom is 0.266 e. The fraction of sp³-hybridized carbons (Fsp3) is 0.125. The second kappa shape index (κ2) is 4.87. The van der Waals surface area contributed by atoms with Crippen LogP contribution >= 0.6 is 15.9 Å². The van der Waals surface area contributed by atoms with Gasteiger partial charge in [-0.15, -0.1) is 0 Å². The van der Waals surface area contributed by atoms with Gasteiger partial charge >= 0.3 is 0 Å². The maximum atomic E-state index is 12.4. The van der Waals surface area contributed by atoms with Crippen molar-refractivity contribution in [1.82, 2.24) is 0 Å². The van der Waals surface area contributed by atoms with Gasteiger partial charge in [-0.1, -0.05) is 35.0 Å². The van der Waals surface area contributed by atoms with Crippen LogP contribution in [0.1, 0.15) is 33.2 Å². The first-order valence-corrected chi connectivity index (χ1v) is 7.19. The Bertz CT molecular complexity index is 689. The van der Waals surface area contributed by atoms with Crippen molar-refractivity contribution in [2.45, 2.75) is 13.3 Å². The molecular weight excluding hydrogens is 318 g/mol. The molecule has 0 aromatic heterocycles. The highest BCUT2D eigenvalue weighted by Crippen LogP contribution is 2.30. The lowest BCUT2D eigenvalue weighted by Crippen LogP contribution is -2.29. The summed E-state index contributed by atoms with van der Waals surface area (Å²) in [5, 5.41) is 0. The predicted molar refractivity (Wildman–Crippen MR) is 81.1 cm³/mol. The molecule has 0 atom stereocenters. The van der Waals surface area contributed by atoms with E-state index in [4.69, 9.17) is 0 Å². The van der Waals surface area contributed by atoms with Crippen LogP contribution in [-0.4, -0.2) is 11.8 Å². The van der Waals surface area contributed by atoms with Gasteiger partial charge in [-0.3, -0.25) is 9.59 Å². The first-order chi connectivity index (χ1) is 9.63. The smallest absolute Gasteiger partial charge is 0.266 e. The minimum atomic E-state index is -0.255. The highest BCUT2D eigenvalue weighted by molar-refractivity contribution is 9.10. The SMILES string of the molecule is CCc1cc(N2C(=O)c3ccccc3C2=O)ccc1Br. The summed E-state index contributed by atoms with van der Waals surface area (Å²) in [7, 11) is 0. The third kappa shape index (κ3) is 1.88. The average molecular weight is 330 g/mol. The molecule has 2 amide bonds. The first-order valence-electron chi connectivity index (χ1n) is 6.39. The van der Waals surface area contributed by atoms with Gasteiger partial charge in [0.15, 0.2) is 0 Å². The van der Waals surface area contributed by atoms with Gasteiger partial charge in [-0.25, -0.2) is 4.90 Å². The van der Waals surface area contributed by atoms with Gasteiger partial charge in [0.1, 0.15) is 0 Å². The second-order valence-electron chi connectivity index (χ2n) is 4.62. The predicted octanol–water partition coefficient (Wildman–Crippen LogP) is 3.81. The van der Waals surface area contributed by atoms with Crippen LogP contribution in [0.2, 0.25) is 0 Å². The number of halogens is 1. The molecule has 100 valence electrons. The van der Waals surface area contributed by atoms with Crippen LogP contribution in [-0.2, 0) is 6.42 Å². The van der Waals surface area contributed by atoms with Gasteiger partial charge in [0.05, 0.1) is 16.8 Å². The van der Waals surface area contributed by atoms with Gasteiger partial charge in [0, 0.05) is 4.47 Å². The Hall–Kier alpha value is -1.94. The lowest BCUT2D eigenvalue weighted by atomic mass is 10.1. The summed E-state index contributed by atoms with van der Waals surface area (Å²) >= 11 is 3.47. The number of fused-ring (bicyclic) bond motifs is 1. The molecule has 0 bridgehead atoms. The minimum Gasteiger partial charge on any atom is -0.268 e. The van der Waals surface area contributed by atoms with Crippen LogP contribution in [0.15, 0.2) is 46.9 Å². The van der Waals surface area contributed by atoms with E-state index < -0.39 is 0 Å².